The molecule has 2 aromatic heterocycles. The normalized spacial score (nSPS) is 15.4. The van der Waals surface area contributed by atoms with Crippen molar-refractivity contribution in [2.45, 2.75) is 32.2 Å². The van der Waals surface area contributed by atoms with Crippen LogP contribution in [0.15, 0.2) is 48.8 Å². The van der Waals surface area contributed by atoms with Gasteiger partial charge in [-0.1, -0.05) is 19.9 Å². The van der Waals surface area contributed by atoms with Crippen molar-refractivity contribution in [1.29, 1.82) is 0 Å². The Morgan fingerprint density at radius 1 is 1.13 bits per heavy atom. The van der Waals surface area contributed by atoms with Crippen LogP contribution in [0.2, 0.25) is 0 Å². The molecule has 0 saturated carbocycles. The number of nitrogens with one attached hydrogen (secondary N) is 4. The van der Waals surface area contributed by atoms with Crippen molar-refractivity contribution in [2.75, 3.05) is 34.4 Å². The monoisotopic (exact) mass is 414 g/mol. The molecule has 0 radical (unpaired) electrons. The van der Waals surface area contributed by atoms with E-state index in [2.05, 4.69) is 51.1 Å². The van der Waals surface area contributed by atoms with Crippen LogP contribution in [0.5, 0.6) is 0 Å². The van der Waals surface area contributed by atoms with Gasteiger partial charge < -0.3 is 21.3 Å². The summed E-state index contributed by atoms with van der Waals surface area (Å²) < 4.78 is 0. The molecule has 7 nitrogen and oxygen atoms in total. The third-order valence-corrected chi connectivity index (χ3v) is 6.05. The molecule has 1 amide bonds. The van der Waals surface area contributed by atoms with Crippen molar-refractivity contribution in [3.63, 3.8) is 0 Å². The maximum absolute atomic E-state index is 13.0. The van der Waals surface area contributed by atoms with Gasteiger partial charge in [0.25, 0.3) is 5.91 Å². The summed E-state index contributed by atoms with van der Waals surface area (Å²) in [5.74, 6) is 1.33. The van der Waals surface area contributed by atoms with Gasteiger partial charge in [-0.05, 0) is 47.9 Å². The minimum atomic E-state index is -0.186. The van der Waals surface area contributed by atoms with E-state index in [1.54, 1.807) is 18.3 Å². The number of carbonyl (C=O) groups excluding carboxylic acids is 1. The number of carbonyl (C=O) groups is 1. The lowest BCUT2D eigenvalue weighted by atomic mass is 9.87. The highest BCUT2D eigenvalue weighted by molar-refractivity contribution is 6.07. The van der Waals surface area contributed by atoms with Gasteiger partial charge in [-0.3, -0.25) is 4.79 Å². The second kappa shape index (κ2) is 7.58. The van der Waals surface area contributed by atoms with Crippen LogP contribution in [0.1, 0.15) is 40.9 Å². The van der Waals surface area contributed by atoms with Gasteiger partial charge in [-0.2, -0.15) is 0 Å². The van der Waals surface area contributed by atoms with Crippen molar-refractivity contribution in [1.82, 2.24) is 9.97 Å². The summed E-state index contributed by atoms with van der Waals surface area (Å²) in [6.45, 7) is 6.81. The predicted octanol–water partition coefficient (Wildman–Crippen LogP) is 4.01. The molecule has 2 aliphatic heterocycles. The molecule has 0 fully saturated rings. The number of benzene rings is 1. The van der Waals surface area contributed by atoms with E-state index in [4.69, 9.17) is 0 Å². The first-order chi connectivity index (χ1) is 15.0. The molecule has 0 unspecified atom stereocenters. The first-order valence-electron chi connectivity index (χ1n) is 10.6. The number of anilines is 4. The minimum Gasteiger partial charge on any atom is -0.384 e. The summed E-state index contributed by atoms with van der Waals surface area (Å²) in [4.78, 5) is 21.8. The molecule has 4 N–H and O–H groups in total. The Morgan fingerprint density at radius 3 is 2.94 bits per heavy atom. The number of pyridine rings is 2. The van der Waals surface area contributed by atoms with E-state index in [0.717, 1.165) is 36.7 Å². The Bertz CT molecular complexity index is 1160. The molecule has 3 aromatic rings. The third kappa shape index (κ3) is 3.67. The summed E-state index contributed by atoms with van der Waals surface area (Å²) in [7, 11) is 0. The molecule has 7 heteroatoms. The maximum atomic E-state index is 13.0. The van der Waals surface area contributed by atoms with E-state index in [1.807, 2.05) is 24.4 Å². The minimum absolute atomic E-state index is 0.0982. The molecule has 4 heterocycles. The lowest BCUT2D eigenvalue weighted by Gasteiger charge is -2.17. The Hall–Kier alpha value is -3.61. The van der Waals surface area contributed by atoms with Gasteiger partial charge in [0.1, 0.15) is 11.6 Å². The quantitative estimate of drug-likeness (QED) is 0.504. The molecular formula is C24H26N6O. The zero-order valence-corrected chi connectivity index (χ0v) is 17.7. The lowest BCUT2D eigenvalue weighted by molar-refractivity contribution is 0.102. The number of aromatic nitrogens is 2. The number of amides is 1. The van der Waals surface area contributed by atoms with E-state index < -0.39 is 0 Å². The van der Waals surface area contributed by atoms with Crippen LogP contribution in [-0.2, 0) is 18.4 Å². The van der Waals surface area contributed by atoms with E-state index in [-0.39, 0.29) is 11.3 Å². The van der Waals surface area contributed by atoms with E-state index in [0.29, 0.717) is 17.9 Å². The average molecular weight is 415 g/mol. The van der Waals surface area contributed by atoms with Gasteiger partial charge >= 0.3 is 0 Å². The number of hydrogen-bond acceptors (Lipinski definition) is 6. The Kier molecular flexibility index (Phi) is 4.73. The van der Waals surface area contributed by atoms with Crippen LogP contribution in [0.25, 0.3) is 0 Å². The molecule has 158 valence electrons. The summed E-state index contributed by atoms with van der Waals surface area (Å²) in [6.07, 6.45) is 4.46. The predicted molar refractivity (Wildman–Crippen MR) is 124 cm³/mol. The Balaban J connectivity index is 1.33. The second-order valence-electron chi connectivity index (χ2n) is 8.68. The highest BCUT2D eigenvalue weighted by Crippen LogP contribution is 2.37. The summed E-state index contributed by atoms with van der Waals surface area (Å²) in [5, 5.41) is 13.1. The molecule has 0 atom stereocenters. The summed E-state index contributed by atoms with van der Waals surface area (Å²) >= 11 is 0. The van der Waals surface area contributed by atoms with Gasteiger partial charge in [-0.15, -0.1) is 0 Å². The van der Waals surface area contributed by atoms with Gasteiger partial charge in [-0.25, -0.2) is 9.97 Å². The molecule has 1 aromatic carbocycles. The smallest absolute Gasteiger partial charge is 0.259 e. The first-order valence-corrected chi connectivity index (χ1v) is 10.6. The third-order valence-electron chi connectivity index (χ3n) is 6.05. The molecule has 0 spiro atoms. The molecule has 0 aliphatic carbocycles. The van der Waals surface area contributed by atoms with Crippen molar-refractivity contribution in [2.24, 2.45) is 0 Å². The molecule has 0 saturated heterocycles. The van der Waals surface area contributed by atoms with Crippen molar-refractivity contribution >= 4 is 28.9 Å². The maximum Gasteiger partial charge on any atom is 0.259 e. The highest BCUT2D eigenvalue weighted by Gasteiger charge is 2.29. The topological polar surface area (TPSA) is 91.0 Å². The molecule has 0 bridgehead atoms. The van der Waals surface area contributed by atoms with E-state index >= 15 is 0 Å². The molecule has 5 rings (SSSR count). The molecular weight excluding hydrogens is 388 g/mol. The Labute approximate surface area is 181 Å². The van der Waals surface area contributed by atoms with E-state index in [9.17, 15) is 4.79 Å². The van der Waals surface area contributed by atoms with E-state index in [1.165, 1.54) is 16.7 Å². The van der Waals surface area contributed by atoms with Crippen molar-refractivity contribution in [3.05, 3.63) is 71.0 Å². The highest BCUT2D eigenvalue weighted by atomic mass is 16.1. The van der Waals surface area contributed by atoms with Crippen molar-refractivity contribution < 1.29 is 4.79 Å². The van der Waals surface area contributed by atoms with Crippen LogP contribution in [0.3, 0.4) is 0 Å². The fourth-order valence-corrected chi connectivity index (χ4v) is 4.31. The number of fused-ring (bicyclic) bond motifs is 2. The fourth-order valence-electron chi connectivity index (χ4n) is 4.31. The van der Waals surface area contributed by atoms with Gasteiger partial charge in [0.15, 0.2) is 0 Å². The van der Waals surface area contributed by atoms with Gasteiger partial charge in [0.05, 0.1) is 5.56 Å². The largest absolute Gasteiger partial charge is 0.384 e. The van der Waals surface area contributed by atoms with Crippen LogP contribution in [0.4, 0.5) is 23.0 Å². The van der Waals surface area contributed by atoms with Crippen molar-refractivity contribution in [3.8, 4) is 0 Å². The first kappa shape index (κ1) is 19.4. The standard InChI is InChI=1S/C24H26N6O/c1-24(2)14-29-20-12-16(5-6-19(20)24)30-23(31)18-4-3-9-25-22(18)28-13-15-7-10-26-21-17(15)8-11-27-21/h3-7,9-10,12,29H,8,11,13-14H2,1-2H3,(H,25,28)(H,26,27)(H,30,31). The summed E-state index contributed by atoms with van der Waals surface area (Å²) in [6, 6.07) is 11.6. The number of hydrogen-bond donors (Lipinski definition) is 4. The van der Waals surface area contributed by atoms with Crippen LogP contribution in [-0.4, -0.2) is 29.0 Å². The van der Waals surface area contributed by atoms with Crippen LogP contribution < -0.4 is 21.3 Å². The second-order valence-corrected chi connectivity index (χ2v) is 8.68. The average Bonchev–Trinajstić information content (AvgIpc) is 3.37. The molecule has 31 heavy (non-hydrogen) atoms. The van der Waals surface area contributed by atoms with Gasteiger partial charge in [0.2, 0.25) is 0 Å². The zero-order chi connectivity index (χ0) is 21.4. The number of nitrogens with zero attached hydrogens (tertiary/aromatic N) is 2. The SMILES string of the molecule is CC1(C)CNc2cc(NC(=O)c3cccnc3NCc3ccnc4c3CCN4)ccc21. The Morgan fingerprint density at radius 2 is 2.03 bits per heavy atom. The lowest BCUT2D eigenvalue weighted by Crippen LogP contribution is -2.18. The van der Waals surface area contributed by atoms with Gasteiger partial charge in [0, 0.05) is 54.4 Å². The summed E-state index contributed by atoms with van der Waals surface area (Å²) in [5.41, 5.74) is 6.12. The fraction of sp³-hybridized carbons (Fsp3) is 0.292. The zero-order valence-electron chi connectivity index (χ0n) is 17.7. The molecule has 2 aliphatic rings. The van der Waals surface area contributed by atoms with Crippen LogP contribution in [0, 0.1) is 0 Å². The number of rotatable bonds is 5. The van der Waals surface area contributed by atoms with Crippen LogP contribution >= 0.6 is 0 Å².